The van der Waals surface area contributed by atoms with Crippen molar-refractivity contribution in [3.63, 3.8) is 0 Å². The number of alkyl halides is 2. The largest absolute Gasteiger partial charge is 0.512 e. The summed E-state index contributed by atoms with van der Waals surface area (Å²) >= 11 is 0. The summed E-state index contributed by atoms with van der Waals surface area (Å²) in [6.45, 7) is 4.87. The number of hydrogen-bond donors (Lipinski definition) is 5. The van der Waals surface area contributed by atoms with Crippen molar-refractivity contribution in [2.45, 2.75) is 50.8 Å². The zero-order valence-electron chi connectivity index (χ0n) is 19.6. The molecule has 190 valence electrons. The number of carbonyl (C=O) groups is 3. The first kappa shape index (κ1) is 27.6. The van der Waals surface area contributed by atoms with Gasteiger partial charge in [-0.2, -0.15) is 0 Å². The standard InChI is InChI=1S/C24H30F2N4O5/c1-4-10-28-21(33)18-12-24(25,26)13-30(18)23(35)20(32)17(11-16-8-6-5-7-9-16)29-22(34)19(14(2)27)15(3)31/h4-9,17-18,20,27,31-32H,1,10-13H2,2-3H3,(H,28,33)(H,29,34)/b19-15+,27-14?/t17-,18-,20-/m0/s1. The summed E-state index contributed by atoms with van der Waals surface area (Å²) in [6, 6.07) is 5.69. The zero-order valence-corrected chi connectivity index (χ0v) is 19.6. The van der Waals surface area contributed by atoms with E-state index in [9.17, 15) is 33.4 Å². The fourth-order valence-corrected chi connectivity index (χ4v) is 3.87. The predicted molar refractivity (Wildman–Crippen MR) is 125 cm³/mol. The number of allylic oxidation sites excluding steroid dienone is 1. The monoisotopic (exact) mass is 492 g/mol. The van der Waals surface area contributed by atoms with Gasteiger partial charge >= 0.3 is 0 Å². The molecule has 0 aromatic heterocycles. The fraction of sp³-hybridized carbons (Fsp3) is 0.417. The summed E-state index contributed by atoms with van der Waals surface area (Å²) in [5.41, 5.74) is 0.0199. The van der Waals surface area contributed by atoms with E-state index in [1.807, 2.05) is 0 Å². The van der Waals surface area contributed by atoms with E-state index in [1.54, 1.807) is 30.3 Å². The Bertz CT molecular complexity index is 1010. The minimum absolute atomic E-state index is 0.0107. The van der Waals surface area contributed by atoms with E-state index in [0.717, 1.165) is 0 Å². The van der Waals surface area contributed by atoms with E-state index >= 15 is 0 Å². The van der Waals surface area contributed by atoms with Gasteiger partial charge in [0, 0.05) is 18.7 Å². The van der Waals surface area contributed by atoms with Gasteiger partial charge in [-0.25, -0.2) is 8.78 Å². The Kier molecular flexibility index (Phi) is 9.24. The Morgan fingerprint density at radius 3 is 2.46 bits per heavy atom. The zero-order chi connectivity index (χ0) is 26.3. The minimum atomic E-state index is -3.34. The van der Waals surface area contributed by atoms with Crippen LogP contribution in [0.3, 0.4) is 0 Å². The molecule has 11 heteroatoms. The fourth-order valence-electron chi connectivity index (χ4n) is 3.87. The van der Waals surface area contributed by atoms with Gasteiger partial charge in [-0.3, -0.25) is 14.4 Å². The van der Waals surface area contributed by atoms with Crippen LogP contribution in [0, 0.1) is 5.41 Å². The third-order valence-electron chi connectivity index (χ3n) is 5.49. The molecule has 1 aromatic rings. The number of benzene rings is 1. The first-order valence-corrected chi connectivity index (χ1v) is 10.9. The Labute approximate surface area is 202 Å². The lowest BCUT2D eigenvalue weighted by atomic mass is 9.98. The lowest BCUT2D eigenvalue weighted by Crippen LogP contribution is -2.56. The Morgan fingerprint density at radius 1 is 1.29 bits per heavy atom. The van der Waals surface area contributed by atoms with Gasteiger partial charge in [0.2, 0.25) is 5.91 Å². The molecule has 1 aliphatic heterocycles. The highest BCUT2D eigenvalue weighted by Crippen LogP contribution is 2.33. The number of carbonyl (C=O) groups excluding carboxylic acids is 3. The van der Waals surface area contributed by atoms with Crippen LogP contribution in [-0.4, -0.2) is 75.7 Å². The van der Waals surface area contributed by atoms with Crippen LogP contribution in [0.4, 0.5) is 8.78 Å². The second kappa shape index (κ2) is 11.7. The number of hydrogen-bond acceptors (Lipinski definition) is 6. The van der Waals surface area contributed by atoms with Crippen LogP contribution >= 0.6 is 0 Å². The van der Waals surface area contributed by atoms with E-state index in [4.69, 9.17) is 5.41 Å². The molecule has 1 aromatic carbocycles. The van der Waals surface area contributed by atoms with E-state index in [1.165, 1.54) is 19.9 Å². The maximum absolute atomic E-state index is 14.2. The van der Waals surface area contributed by atoms with Crippen molar-refractivity contribution in [2.24, 2.45) is 0 Å². The Morgan fingerprint density at radius 2 is 1.91 bits per heavy atom. The van der Waals surface area contributed by atoms with Crippen molar-refractivity contribution in [3.05, 3.63) is 59.9 Å². The molecular formula is C24H30F2N4O5. The van der Waals surface area contributed by atoms with Crippen molar-refractivity contribution in [2.75, 3.05) is 13.1 Å². The van der Waals surface area contributed by atoms with Gasteiger partial charge in [0.15, 0.2) is 6.10 Å². The minimum Gasteiger partial charge on any atom is -0.512 e. The summed E-state index contributed by atoms with van der Waals surface area (Å²) in [4.78, 5) is 39.0. The molecule has 2 rings (SSSR count). The van der Waals surface area contributed by atoms with E-state index in [-0.39, 0.29) is 24.3 Å². The van der Waals surface area contributed by atoms with Gasteiger partial charge in [-0.05, 0) is 25.8 Å². The third kappa shape index (κ3) is 7.19. The number of rotatable bonds is 10. The lowest BCUT2D eigenvalue weighted by Gasteiger charge is -2.30. The van der Waals surface area contributed by atoms with E-state index < -0.39 is 60.6 Å². The molecule has 0 saturated carbocycles. The number of nitrogens with zero attached hydrogens (tertiary/aromatic N) is 1. The predicted octanol–water partition coefficient (Wildman–Crippen LogP) is 1.48. The number of likely N-dealkylation sites (tertiary alicyclic amines) is 1. The van der Waals surface area contributed by atoms with Gasteiger partial charge in [-0.15, -0.1) is 6.58 Å². The van der Waals surface area contributed by atoms with Crippen LogP contribution in [-0.2, 0) is 20.8 Å². The van der Waals surface area contributed by atoms with Crippen molar-refractivity contribution in [1.82, 2.24) is 15.5 Å². The Hall–Kier alpha value is -3.60. The van der Waals surface area contributed by atoms with Crippen LogP contribution in [0.2, 0.25) is 0 Å². The van der Waals surface area contributed by atoms with Crippen LogP contribution in [0.1, 0.15) is 25.8 Å². The summed E-state index contributed by atoms with van der Waals surface area (Å²) in [6.07, 6.45) is -1.61. The summed E-state index contributed by atoms with van der Waals surface area (Å²) in [5.74, 6) is -6.66. The van der Waals surface area contributed by atoms with Gasteiger partial charge in [0.25, 0.3) is 17.7 Å². The van der Waals surface area contributed by atoms with Crippen LogP contribution in [0.5, 0.6) is 0 Å². The van der Waals surface area contributed by atoms with E-state index in [2.05, 4.69) is 17.2 Å². The molecule has 1 fully saturated rings. The molecule has 3 amide bonds. The van der Waals surface area contributed by atoms with Crippen molar-refractivity contribution >= 4 is 23.4 Å². The van der Waals surface area contributed by atoms with Crippen molar-refractivity contribution in [3.8, 4) is 0 Å². The number of aliphatic hydroxyl groups is 2. The highest BCUT2D eigenvalue weighted by Gasteiger charge is 2.51. The summed E-state index contributed by atoms with van der Waals surface area (Å²) in [7, 11) is 0. The molecule has 0 aliphatic carbocycles. The smallest absolute Gasteiger partial charge is 0.267 e. The molecule has 9 nitrogen and oxygen atoms in total. The van der Waals surface area contributed by atoms with Gasteiger partial charge < -0.3 is 31.2 Å². The van der Waals surface area contributed by atoms with Crippen molar-refractivity contribution < 1.29 is 33.4 Å². The SMILES string of the molecule is C=CCNC(=O)[C@@H]1CC(F)(F)CN1C(=O)[C@@H](O)[C@H](Cc1ccccc1)NC(=O)/C(C(C)=N)=C(\C)O. The third-order valence-corrected chi connectivity index (χ3v) is 5.49. The molecule has 5 N–H and O–H groups in total. The first-order valence-electron chi connectivity index (χ1n) is 10.9. The molecule has 35 heavy (non-hydrogen) atoms. The summed E-state index contributed by atoms with van der Waals surface area (Å²) in [5, 5.41) is 33.3. The molecular weight excluding hydrogens is 462 g/mol. The van der Waals surface area contributed by atoms with Gasteiger partial charge in [0.05, 0.1) is 18.2 Å². The molecule has 3 atom stereocenters. The van der Waals surface area contributed by atoms with Crippen LogP contribution in [0.25, 0.3) is 0 Å². The van der Waals surface area contributed by atoms with Crippen molar-refractivity contribution in [1.29, 1.82) is 5.41 Å². The van der Waals surface area contributed by atoms with Crippen LogP contribution < -0.4 is 10.6 Å². The molecule has 1 saturated heterocycles. The molecule has 1 heterocycles. The number of nitrogens with one attached hydrogen (secondary N) is 3. The van der Waals surface area contributed by atoms with Gasteiger partial charge in [-0.1, -0.05) is 36.4 Å². The lowest BCUT2D eigenvalue weighted by molar-refractivity contribution is -0.147. The topological polar surface area (TPSA) is 143 Å². The molecule has 0 radical (unpaired) electrons. The number of amides is 3. The molecule has 0 bridgehead atoms. The second-order valence-electron chi connectivity index (χ2n) is 8.38. The van der Waals surface area contributed by atoms with Gasteiger partial charge in [0.1, 0.15) is 11.8 Å². The average molecular weight is 493 g/mol. The highest BCUT2D eigenvalue weighted by molar-refractivity contribution is 6.20. The maximum Gasteiger partial charge on any atom is 0.267 e. The normalized spacial score (nSPS) is 19.2. The summed E-state index contributed by atoms with van der Waals surface area (Å²) < 4.78 is 28.4. The first-order chi connectivity index (χ1) is 16.4. The second-order valence-corrected chi connectivity index (χ2v) is 8.38. The average Bonchev–Trinajstić information content (AvgIpc) is 3.11. The molecule has 0 unspecified atom stereocenters. The molecule has 0 spiro atoms. The number of aliphatic hydroxyl groups excluding tert-OH is 2. The highest BCUT2D eigenvalue weighted by atomic mass is 19.3. The maximum atomic E-state index is 14.2. The quantitative estimate of drug-likeness (QED) is 0.146. The molecule has 1 aliphatic rings. The number of halogens is 2. The van der Waals surface area contributed by atoms with E-state index in [0.29, 0.717) is 10.5 Å². The van der Waals surface area contributed by atoms with Crippen LogP contribution in [0.15, 0.2) is 54.3 Å². The Balaban J connectivity index is 2.35.